The summed E-state index contributed by atoms with van der Waals surface area (Å²) in [6.45, 7) is 3.14. The van der Waals surface area contributed by atoms with Gasteiger partial charge in [0.05, 0.1) is 27.7 Å². The molecule has 0 radical (unpaired) electrons. The highest BCUT2D eigenvalue weighted by atomic mass is 35.5. The van der Waals surface area contributed by atoms with E-state index in [2.05, 4.69) is 28.1 Å². The fraction of sp³-hybridized carbons (Fsp3) is 0.880. The fourth-order valence-corrected chi connectivity index (χ4v) is 3.57. The van der Waals surface area contributed by atoms with Crippen LogP contribution < -0.4 is 18.1 Å². The van der Waals surface area contributed by atoms with Crippen LogP contribution in [0.5, 0.6) is 0 Å². The maximum Gasteiger partial charge on any atom is 0.244 e. The SMILES string of the molecule is CCCCCCCCCCCCCCCCCCC(=CC[N+](C)(C)C)C(N)=O.[Cl-]. The van der Waals surface area contributed by atoms with Crippen LogP contribution in [0.15, 0.2) is 11.6 Å². The number of quaternary nitrogens is 1. The number of amides is 1. The molecule has 0 aromatic rings. The topological polar surface area (TPSA) is 43.1 Å². The lowest BCUT2D eigenvalue weighted by atomic mass is 10.0. The van der Waals surface area contributed by atoms with Crippen LogP contribution in [0.1, 0.15) is 116 Å². The van der Waals surface area contributed by atoms with Gasteiger partial charge in [0.2, 0.25) is 5.91 Å². The molecule has 1 amide bonds. The number of hydrogen-bond donors (Lipinski definition) is 1. The summed E-state index contributed by atoms with van der Waals surface area (Å²) in [5.41, 5.74) is 6.34. The Morgan fingerprint density at radius 1 is 0.690 bits per heavy atom. The van der Waals surface area contributed by atoms with Gasteiger partial charge in [-0.25, -0.2) is 0 Å². The van der Waals surface area contributed by atoms with Crippen molar-refractivity contribution in [2.24, 2.45) is 5.73 Å². The third-order valence-corrected chi connectivity index (χ3v) is 5.50. The van der Waals surface area contributed by atoms with Crippen LogP contribution in [0.2, 0.25) is 0 Å². The molecule has 4 heteroatoms. The van der Waals surface area contributed by atoms with E-state index in [0.717, 1.165) is 29.4 Å². The van der Waals surface area contributed by atoms with Gasteiger partial charge in [-0.2, -0.15) is 0 Å². The molecule has 0 spiro atoms. The fourth-order valence-electron chi connectivity index (χ4n) is 3.57. The number of nitrogens with zero attached hydrogens (tertiary/aromatic N) is 1. The standard InChI is InChI=1S/C25H50N2O.ClH/c1-5-6-7-8-9-10-11-12-13-14-15-16-17-18-19-20-21-24(25(26)28)22-23-27(2,3)4;/h22H,5-21,23H2,1-4H3,(H-,26,28);1H. The average molecular weight is 431 g/mol. The first kappa shape index (κ1) is 30.7. The second kappa shape index (κ2) is 20.7. The molecule has 174 valence electrons. The Kier molecular flexibility index (Phi) is 21.9. The van der Waals surface area contributed by atoms with Crippen molar-refractivity contribution in [1.29, 1.82) is 0 Å². The van der Waals surface area contributed by atoms with Crippen LogP contribution >= 0.6 is 0 Å². The second-order valence-electron chi connectivity index (χ2n) is 9.62. The Morgan fingerprint density at radius 3 is 1.34 bits per heavy atom. The highest BCUT2D eigenvalue weighted by Crippen LogP contribution is 2.15. The van der Waals surface area contributed by atoms with Crippen molar-refractivity contribution in [2.75, 3.05) is 27.7 Å². The Labute approximate surface area is 188 Å². The Balaban J connectivity index is 0. The van der Waals surface area contributed by atoms with Gasteiger partial charge in [0.1, 0.15) is 0 Å². The normalized spacial score (nSPS) is 12.1. The van der Waals surface area contributed by atoms with Gasteiger partial charge in [0.15, 0.2) is 0 Å². The van der Waals surface area contributed by atoms with Crippen molar-refractivity contribution in [2.45, 2.75) is 116 Å². The highest BCUT2D eigenvalue weighted by Gasteiger charge is 2.09. The maximum absolute atomic E-state index is 11.6. The number of unbranched alkanes of at least 4 members (excludes halogenated alkanes) is 15. The van der Waals surface area contributed by atoms with Crippen LogP contribution in [0.3, 0.4) is 0 Å². The van der Waals surface area contributed by atoms with Crippen molar-refractivity contribution in [3.8, 4) is 0 Å². The summed E-state index contributed by atoms with van der Waals surface area (Å²) in [5, 5.41) is 0. The van der Waals surface area contributed by atoms with Crippen molar-refractivity contribution < 1.29 is 21.7 Å². The summed E-state index contributed by atoms with van der Waals surface area (Å²) < 4.78 is 0.829. The van der Waals surface area contributed by atoms with Crippen LogP contribution in [-0.4, -0.2) is 38.1 Å². The van der Waals surface area contributed by atoms with Crippen molar-refractivity contribution in [1.82, 2.24) is 0 Å². The molecular weight excluding hydrogens is 380 g/mol. The van der Waals surface area contributed by atoms with Gasteiger partial charge in [0, 0.05) is 5.57 Å². The van der Waals surface area contributed by atoms with Crippen molar-refractivity contribution in [3.63, 3.8) is 0 Å². The van der Waals surface area contributed by atoms with Crippen LogP contribution in [0.25, 0.3) is 0 Å². The summed E-state index contributed by atoms with van der Waals surface area (Å²) in [5.74, 6) is -0.241. The Hall–Kier alpha value is -0.540. The highest BCUT2D eigenvalue weighted by molar-refractivity contribution is 5.91. The van der Waals surface area contributed by atoms with Gasteiger partial charge in [0.25, 0.3) is 0 Å². The molecule has 0 fully saturated rings. The van der Waals surface area contributed by atoms with Crippen LogP contribution in [0.4, 0.5) is 0 Å². The number of carbonyl (C=O) groups excluding carboxylic acids is 1. The second-order valence-corrected chi connectivity index (χ2v) is 9.62. The average Bonchev–Trinajstić information content (AvgIpc) is 2.62. The molecule has 0 aromatic heterocycles. The first-order valence-corrected chi connectivity index (χ1v) is 12.2. The van der Waals surface area contributed by atoms with Gasteiger partial charge in [-0.1, -0.05) is 103 Å². The Bertz CT molecular complexity index is 402. The zero-order valence-electron chi connectivity index (χ0n) is 20.1. The third-order valence-electron chi connectivity index (χ3n) is 5.50. The molecule has 0 heterocycles. The van der Waals surface area contributed by atoms with Gasteiger partial charge >= 0.3 is 0 Å². The lowest BCUT2D eigenvalue weighted by Gasteiger charge is -2.22. The molecule has 0 rings (SSSR count). The molecule has 0 unspecified atom stereocenters. The quantitative estimate of drug-likeness (QED) is 0.178. The van der Waals surface area contributed by atoms with E-state index in [-0.39, 0.29) is 18.3 Å². The van der Waals surface area contributed by atoms with Gasteiger partial charge < -0.3 is 22.6 Å². The summed E-state index contributed by atoms with van der Waals surface area (Å²) >= 11 is 0. The van der Waals surface area contributed by atoms with Crippen LogP contribution in [0, 0.1) is 0 Å². The number of rotatable bonds is 20. The molecule has 0 aliphatic heterocycles. The zero-order valence-corrected chi connectivity index (χ0v) is 20.9. The summed E-state index contributed by atoms with van der Waals surface area (Å²) in [6, 6.07) is 0. The molecule has 0 atom stereocenters. The van der Waals surface area contributed by atoms with E-state index >= 15 is 0 Å². The molecule has 3 nitrogen and oxygen atoms in total. The first-order chi connectivity index (χ1) is 13.4. The molecule has 0 saturated carbocycles. The van der Waals surface area contributed by atoms with E-state index in [9.17, 15) is 4.79 Å². The van der Waals surface area contributed by atoms with E-state index < -0.39 is 0 Å². The van der Waals surface area contributed by atoms with Gasteiger partial charge in [-0.15, -0.1) is 0 Å². The largest absolute Gasteiger partial charge is 1.00 e. The predicted octanol–water partition coefficient (Wildman–Crippen LogP) is 3.76. The number of nitrogens with two attached hydrogens (primary N) is 1. The zero-order chi connectivity index (χ0) is 21.1. The van der Waals surface area contributed by atoms with Gasteiger partial charge in [-0.05, 0) is 18.9 Å². The van der Waals surface area contributed by atoms with Crippen molar-refractivity contribution >= 4 is 5.91 Å². The Morgan fingerprint density at radius 2 is 1.03 bits per heavy atom. The number of carbonyl (C=O) groups is 1. The molecule has 0 aliphatic rings. The van der Waals surface area contributed by atoms with E-state index in [0.29, 0.717) is 0 Å². The lowest BCUT2D eigenvalue weighted by molar-refractivity contribution is -0.864. The summed E-state index contributed by atoms with van der Waals surface area (Å²) in [6.07, 6.45) is 24.8. The molecule has 2 N–H and O–H groups in total. The van der Waals surface area contributed by atoms with Crippen LogP contribution in [-0.2, 0) is 4.79 Å². The molecule has 0 saturated heterocycles. The summed E-state index contributed by atoms with van der Waals surface area (Å²) in [7, 11) is 6.39. The van der Waals surface area contributed by atoms with E-state index in [1.807, 2.05) is 6.08 Å². The van der Waals surface area contributed by atoms with E-state index in [4.69, 9.17) is 5.73 Å². The maximum atomic E-state index is 11.6. The minimum atomic E-state index is -0.241. The minimum absolute atomic E-state index is 0. The van der Waals surface area contributed by atoms with Gasteiger partial charge in [-0.3, -0.25) is 4.79 Å². The smallest absolute Gasteiger partial charge is 0.244 e. The number of likely N-dealkylation sites (N-methyl/N-ethyl adjacent to an activating group) is 1. The monoisotopic (exact) mass is 430 g/mol. The van der Waals surface area contributed by atoms with E-state index in [1.165, 1.54) is 96.3 Å². The van der Waals surface area contributed by atoms with E-state index in [1.54, 1.807) is 0 Å². The lowest BCUT2D eigenvalue weighted by Crippen LogP contribution is -3.00. The molecule has 29 heavy (non-hydrogen) atoms. The molecule has 0 aromatic carbocycles. The third kappa shape index (κ3) is 23.6. The van der Waals surface area contributed by atoms with Crippen molar-refractivity contribution in [3.05, 3.63) is 11.6 Å². The summed E-state index contributed by atoms with van der Waals surface area (Å²) in [4.78, 5) is 11.6. The number of halogens is 1. The molecule has 0 aliphatic carbocycles. The predicted molar refractivity (Wildman–Crippen MR) is 124 cm³/mol. The molecular formula is C25H51ClN2O. The number of hydrogen-bond acceptors (Lipinski definition) is 1. The number of primary amides is 1. The minimum Gasteiger partial charge on any atom is -1.00 e. The first-order valence-electron chi connectivity index (χ1n) is 12.2. The molecule has 0 bridgehead atoms.